The van der Waals surface area contributed by atoms with Gasteiger partial charge < -0.3 is 9.47 Å². The first-order chi connectivity index (χ1) is 8.66. The first-order valence-electron chi connectivity index (χ1n) is 5.69. The summed E-state index contributed by atoms with van der Waals surface area (Å²) in [6, 6.07) is 7.19. The molecule has 1 rings (SSSR count). The van der Waals surface area contributed by atoms with E-state index in [2.05, 4.69) is 20.7 Å². The Morgan fingerprint density at radius 2 is 1.53 bits per heavy atom. The maximum Gasteiger partial charge on any atom is 0.316 e. The molecule has 0 unspecified atom stereocenters. The zero-order valence-corrected chi connectivity index (χ0v) is 13.4. The molecule has 0 aliphatic carbocycles. The van der Waals surface area contributed by atoms with E-state index in [0.29, 0.717) is 5.75 Å². The Kier molecular flexibility index (Phi) is 7.37. The molecule has 0 spiro atoms. The maximum atomic E-state index is 11.5. The van der Waals surface area contributed by atoms with E-state index in [1.807, 2.05) is 32.9 Å². The highest BCUT2D eigenvalue weighted by Gasteiger charge is 2.23. The van der Waals surface area contributed by atoms with Crippen LogP contribution < -0.4 is 4.74 Å². The molecule has 0 aliphatic heterocycles. The Balaban J connectivity index is 0.000000555. The van der Waals surface area contributed by atoms with Crippen LogP contribution in [0.1, 0.15) is 27.7 Å². The van der Waals surface area contributed by atoms with Gasteiger partial charge in [-0.25, -0.2) is 0 Å². The number of carbonyl (C=O) groups is 2. The Morgan fingerprint density at radius 1 is 1.11 bits per heavy atom. The van der Waals surface area contributed by atoms with Crippen LogP contribution in [-0.2, 0) is 14.3 Å². The number of hydrogen-bond acceptors (Lipinski definition) is 4. The van der Waals surface area contributed by atoms with E-state index < -0.39 is 5.41 Å². The molecular formula is C14H19BrO4. The molecule has 0 radical (unpaired) electrons. The largest absolute Gasteiger partial charge is 0.469 e. The lowest BCUT2D eigenvalue weighted by atomic mass is 9.97. The smallest absolute Gasteiger partial charge is 0.316 e. The number of carbonyl (C=O) groups excluding carboxylic acids is 2. The molecule has 0 saturated heterocycles. The van der Waals surface area contributed by atoms with Crippen LogP contribution >= 0.6 is 15.9 Å². The summed E-state index contributed by atoms with van der Waals surface area (Å²) < 4.78 is 10.3. The van der Waals surface area contributed by atoms with Crippen molar-refractivity contribution in [1.29, 1.82) is 0 Å². The van der Waals surface area contributed by atoms with Crippen molar-refractivity contribution in [3.05, 3.63) is 28.7 Å². The highest BCUT2D eigenvalue weighted by molar-refractivity contribution is 9.10. The standard InChI is InChI=1S/C11H13BrO2.C3H6O2/c1-11(2,3)10(13)14-9-6-4-8(12)5-7-9;1-3(4)5-2/h4-7H,1-3H3;1-2H3. The van der Waals surface area contributed by atoms with E-state index in [1.54, 1.807) is 12.1 Å². The second kappa shape index (κ2) is 7.94. The Hall–Kier alpha value is -1.36. The molecule has 5 heteroatoms. The van der Waals surface area contributed by atoms with Gasteiger partial charge in [0.15, 0.2) is 0 Å². The van der Waals surface area contributed by atoms with Crippen LogP contribution in [-0.4, -0.2) is 19.0 Å². The number of halogens is 1. The molecular weight excluding hydrogens is 312 g/mol. The van der Waals surface area contributed by atoms with E-state index in [1.165, 1.54) is 14.0 Å². The highest BCUT2D eigenvalue weighted by Crippen LogP contribution is 2.20. The summed E-state index contributed by atoms with van der Waals surface area (Å²) in [6.45, 7) is 6.84. The Labute approximate surface area is 122 Å². The van der Waals surface area contributed by atoms with Crippen molar-refractivity contribution in [1.82, 2.24) is 0 Å². The van der Waals surface area contributed by atoms with Gasteiger partial charge in [0.1, 0.15) is 5.75 Å². The van der Waals surface area contributed by atoms with E-state index in [-0.39, 0.29) is 11.9 Å². The van der Waals surface area contributed by atoms with Crippen molar-refractivity contribution in [2.75, 3.05) is 7.11 Å². The number of benzene rings is 1. The predicted molar refractivity (Wildman–Crippen MR) is 76.9 cm³/mol. The number of methoxy groups -OCH3 is 1. The summed E-state index contributed by atoms with van der Waals surface area (Å²) in [5.41, 5.74) is -0.465. The Bertz CT molecular complexity index is 418. The summed E-state index contributed by atoms with van der Waals surface area (Å²) >= 11 is 3.31. The highest BCUT2D eigenvalue weighted by atomic mass is 79.9. The van der Waals surface area contributed by atoms with Gasteiger partial charge in [-0.15, -0.1) is 0 Å². The zero-order chi connectivity index (χ0) is 15.1. The summed E-state index contributed by atoms with van der Waals surface area (Å²) in [7, 11) is 1.35. The van der Waals surface area contributed by atoms with E-state index in [4.69, 9.17) is 4.74 Å². The molecule has 0 bridgehead atoms. The maximum absolute atomic E-state index is 11.5. The van der Waals surface area contributed by atoms with Gasteiger partial charge in [0.25, 0.3) is 0 Å². The van der Waals surface area contributed by atoms with Crippen LogP contribution in [0.4, 0.5) is 0 Å². The predicted octanol–water partition coefficient (Wildman–Crippen LogP) is 3.58. The summed E-state index contributed by atoms with van der Waals surface area (Å²) in [4.78, 5) is 21.1. The third kappa shape index (κ3) is 8.37. The first-order valence-corrected chi connectivity index (χ1v) is 6.48. The second-order valence-corrected chi connectivity index (χ2v) is 5.70. The number of rotatable bonds is 1. The zero-order valence-electron chi connectivity index (χ0n) is 11.8. The molecule has 0 saturated carbocycles. The fraction of sp³-hybridized carbons (Fsp3) is 0.429. The molecule has 1 aromatic carbocycles. The third-order valence-electron chi connectivity index (χ3n) is 1.92. The molecule has 0 atom stereocenters. The second-order valence-electron chi connectivity index (χ2n) is 4.79. The van der Waals surface area contributed by atoms with Gasteiger partial charge in [0.05, 0.1) is 12.5 Å². The van der Waals surface area contributed by atoms with Gasteiger partial charge in [0, 0.05) is 11.4 Å². The molecule has 0 N–H and O–H groups in total. The van der Waals surface area contributed by atoms with Gasteiger partial charge in [-0.05, 0) is 45.0 Å². The van der Waals surface area contributed by atoms with E-state index in [9.17, 15) is 9.59 Å². The van der Waals surface area contributed by atoms with Crippen LogP contribution in [0.15, 0.2) is 28.7 Å². The average Bonchev–Trinajstić information content (AvgIpc) is 2.31. The normalized spacial score (nSPS) is 10.0. The van der Waals surface area contributed by atoms with Crippen molar-refractivity contribution in [2.45, 2.75) is 27.7 Å². The van der Waals surface area contributed by atoms with Gasteiger partial charge in [-0.2, -0.15) is 0 Å². The van der Waals surface area contributed by atoms with Crippen molar-refractivity contribution < 1.29 is 19.1 Å². The first kappa shape index (κ1) is 17.6. The molecule has 19 heavy (non-hydrogen) atoms. The molecule has 0 aliphatic rings. The molecule has 106 valence electrons. The van der Waals surface area contributed by atoms with Crippen LogP contribution in [0.3, 0.4) is 0 Å². The minimum absolute atomic E-state index is 0.222. The molecule has 0 fully saturated rings. The van der Waals surface area contributed by atoms with E-state index >= 15 is 0 Å². The molecule has 0 heterocycles. The van der Waals surface area contributed by atoms with Crippen LogP contribution in [0.2, 0.25) is 0 Å². The van der Waals surface area contributed by atoms with Crippen molar-refractivity contribution in [3.8, 4) is 5.75 Å². The number of hydrogen-bond donors (Lipinski definition) is 0. The quantitative estimate of drug-likeness (QED) is 0.583. The molecule has 1 aromatic rings. The third-order valence-corrected chi connectivity index (χ3v) is 2.45. The van der Waals surface area contributed by atoms with Crippen molar-refractivity contribution in [3.63, 3.8) is 0 Å². The van der Waals surface area contributed by atoms with Crippen LogP contribution in [0, 0.1) is 5.41 Å². The van der Waals surface area contributed by atoms with Crippen molar-refractivity contribution in [2.24, 2.45) is 5.41 Å². The van der Waals surface area contributed by atoms with Gasteiger partial charge in [0.2, 0.25) is 0 Å². The Morgan fingerprint density at radius 3 is 1.84 bits per heavy atom. The molecule has 4 nitrogen and oxygen atoms in total. The molecule has 0 amide bonds. The average molecular weight is 331 g/mol. The fourth-order valence-electron chi connectivity index (χ4n) is 0.763. The summed E-state index contributed by atoms with van der Waals surface area (Å²) in [6.07, 6.45) is 0. The van der Waals surface area contributed by atoms with Crippen LogP contribution in [0.5, 0.6) is 5.75 Å². The van der Waals surface area contributed by atoms with Gasteiger partial charge >= 0.3 is 11.9 Å². The van der Waals surface area contributed by atoms with Crippen molar-refractivity contribution >= 4 is 27.9 Å². The number of ether oxygens (including phenoxy) is 2. The fourth-order valence-corrected chi connectivity index (χ4v) is 1.03. The topological polar surface area (TPSA) is 52.6 Å². The van der Waals surface area contributed by atoms with Gasteiger partial charge in [-0.1, -0.05) is 15.9 Å². The lowest BCUT2D eigenvalue weighted by Gasteiger charge is -2.16. The van der Waals surface area contributed by atoms with Crippen LogP contribution in [0.25, 0.3) is 0 Å². The lowest BCUT2D eigenvalue weighted by molar-refractivity contribution is -0.143. The molecule has 0 aromatic heterocycles. The van der Waals surface area contributed by atoms with Gasteiger partial charge in [-0.3, -0.25) is 9.59 Å². The monoisotopic (exact) mass is 330 g/mol. The minimum atomic E-state index is -0.465. The SMILES string of the molecule is CC(C)(C)C(=O)Oc1ccc(Br)cc1.COC(C)=O. The summed E-state index contributed by atoms with van der Waals surface area (Å²) in [5, 5.41) is 0. The minimum Gasteiger partial charge on any atom is -0.469 e. The lowest BCUT2D eigenvalue weighted by Crippen LogP contribution is -2.25. The summed E-state index contributed by atoms with van der Waals surface area (Å²) in [5.74, 6) is 0.109. The van der Waals surface area contributed by atoms with E-state index in [0.717, 1.165) is 4.47 Å². The number of esters is 2.